The van der Waals surface area contributed by atoms with Gasteiger partial charge in [0, 0.05) is 19.8 Å². The van der Waals surface area contributed by atoms with Gasteiger partial charge in [0.05, 0.1) is 8.07 Å². The van der Waals surface area contributed by atoms with Crippen LogP contribution in [0.1, 0.15) is 19.3 Å². The second-order valence-corrected chi connectivity index (χ2v) is 11.8. The van der Waals surface area contributed by atoms with Gasteiger partial charge in [0.1, 0.15) is 0 Å². The molecule has 0 aromatic heterocycles. The molecule has 0 aromatic rings. The fraction of sp³-hybridized carbons (Fsp3) is 0.917. The van der Waals surface area contributed by atoms with E-state index in [9.17, 15) is 0 Å². The van der Waals surface area contributed by atoms with Crippen LogP contribution in [-0.4, -0.2) is 32.9 Å². The van der Waals surface area contributed by atoms with Gasteiger partial charge in [-0.25, -0.2) is 0 Å². The van der Waals surface area contributed by atoms with Crippen molar-refractivity contribution in [1.82, 2.24) is 5.01 Å². The molecule has 86 valence electrons. The van der Waals surface area contributed by atoms with E-state index in [4.69, 9.17) is 5.10 Å². The molecule has 2 rings (SSSR count). The van der Waals surface area contributed by atoms with Gasteiger partial charge in [-0.2, -0.15) is 5.10 Å². The van der Waals surface area contributed by atoms with Crippen LogP contribution in [0.25, 0.3) is 0 Å². The Hall–Kier alpha value is -0.313. The zero-order valence-electron chi connectivity index (χ0n) is 10.7. The van der Waals surface area contributed by atoms with Gasteiger partial charge < -0.3 is 5.01 Å². The average molecular weight is 224 g/mol. The average Bonchev–Trinajstić information content (AvgIpc) is 2.59. The van der Waals surface area contributed by atoms with Crippen LogP contribution in [0.2, 0.25) is 25.2 Å². The first-order valence-electron chi connectivity index (χ1n) is 6.15. The third-order valence-corrected chi connectivity index (χ3v) is 6.56. The monoisotopic (exact) mass is 224 g/mol. The van der Waals surface area contributed by atoms with Crippen LogP contribution in [0.15, 0.2) is 5.10 Å². The summed E-state index contributed by atoms with van der Waals surface area (Å²) in [6, 6.07) is 0. The summed E-state index contributed by atoms with van der Waals surface area (Å²) >= 11 is 0. The summed E-state index contributed by atoms with van der Waals surface area (Å²) in [7, 11) is 3.05. The minimum atomic E-state index is -1.07. The highest BCUT2D eigenvalue weighted by molar-refractivity contribution is 6.81. The lowest BCUT2D eigenvalue weighted by Gasteiger charge is -2.34. The number of fused-ring (bicyclic) bond motifs is 2. The van der Waals surface area contributed by atoms with Gasteiger partial charge in [0.25, 0.3) is 0 Å². The van der Waals surface area contributed by atoms with Crippen molar-refractivity contribution in [2.24, 2.45) is 16.9 Å². The number of hydrogen-bond donors (Lipinski definition) is 0. The summed E-state index contributed by atoms with van der Waals surface area (Å²) in [5, 5.41) is 6.79. The Morgan fingerprint density at radius 2 is 1.87 bits per heavy atom. The maximum Gasteiger partial charge on any atom is 0.0541 e. The molecule has 2 aliphatic rings. The molecular formula is C12H24N2Si. The predicted molar refractivity (Wildman–Crippen MR) is 69.0 cm³/mol. The third-order valence-electron chi connectivity index (χ3n) is 3.93. The summed E-state index contributed by atoms with van der Waals surface area (Å²) < 4.78 is 0. The van der Waals surface area contributed by atoms with Gasteiger partial charge in [-0.1, -0.05) is 19.6 Å². The van der Waals surface area contributed by atoms with E-state index in [1.54, 1.807) is 5.71 Å². The Balaban J connectivity index is 2.28. The maximum absolute atomic E-state index is 4.79. The fourth-order valence-electron chi connectivity index (χ4n) is 3.61. The SMILES string of the molecule is CN(C)/N=C1\C2CCC(C2)C1[Si](C)(C)C. The zero-order chi connectivity index (χ0) is 11.2. The first-order valence-corrected chi connectivity index (χ1v) is 9.73. The molecule has 2 nitrogen and oxygen atoms in total. The van der Waals surface area contributed by atoms with Crippen molar-refractivity contribution in [3.05, 3.63) is 0 Å². The minimum absolute atomic E-state index is 0.828. The smallest absolute Gasteiger partial charge is 0.0541 e. The molecule has 0 amide bonds. The summed E-state index contributed by atoms with van der Waals surface area (Å²) in [5.41, 5.74) is 2.41. The fourth-order valence-corrected chi connectivity index (χ4v) is 6.51. The quantitative estimate of drug-likeness (QED) is 0.520. The van der Waals surface area contributed by atoms with Crippen LogP contribution in [0.5, 0.6) is 0 Å². The molecule has 0 saturated heterocycles. The number of nitrogens with zero attached hydrogens (tertiary/aromatic N) is 2. The predicted octanol–water partition coefficient (Wildman–Crippen LogP) is 3.04. The first kappa shape index (κ1) is 11.2. The van der Waals surface area contributed by atoms with Crippen LogP contribution >= 0.6 is 0 Å². The van der Waals surface area contributed by atoms with Crippen molar-refractivity contribution < 1.29 is 0 Å². The van der Waals surface area contributed by atoms with Gasteiger partial charge >= 0.3 is 0 Å². The van der Waals surface area contributed by atoms with E-state index < -0.39 is 8.07 Å². The summed E-state index contributed by atoms with van der Waals surface area (Å²) in [5.74, 6) is 1.80. The van der Waals surface area contributed by atoms with Gasteiger partial charge in [-0.3, -0.25) is 0 Å². The van der Waals surface area contributed by atoms with E-state index in [1.807, 2.05) is 5.01 Å². The highest BCUT2D eigenvalue weighted by atomic mass is 28.3. The molecule has 3 heteroatoms. The Labute approximate surface area is 94.7 Å². The van der Waals surface area contributed by atoms with Crippen LogP contribution < -0.4 is 0 Å². The van der Waals surface area contributed by atoms with Gasteiger partial charge in [0.2, 0.25) is 0 Å². The zero-order valence-corrected chi connectivity index (χ0v) is 11.7. The van der Waals surface area contributed by atoms with Gasteiger partial charge in [-0.05, 0) is 36.6 Å². The van der Waals surface area contributed by atoms with E-state index in [2.05, 4.69) is 33.7 Å². The Bertz CT molecular complexity index is 278. The molecule has 0 aromatic carbocycles. The van der Waals surface area contributed by atoms with Crippen molar-refractivity contribution in [2.75, 3.05) is 14.1 Å². The molecule has 0 spiro atoms. The lowest BCUT2D eigenvalue weighted by molar-refractivity contribution is 0.429. The summed E-state index contributed by atoms with van der Waals surface area (Å²) in [6.07, 6.45) is 4.30. The molecule has 0 heterocycles. The Morgan fingerprint density at radius 1 is 1.20 bits per heavy atom. The first-order chi connectivity index (χ1) is 6.89. The number of rotatable bonds is 2. The van der Waals surface area contributed by atoms with E-state index in [1.165, 1.54) is 19.3 Å². The van der Waals surface area contributed by atoms with Gasteiger partial charge in [-0.15, -0.1) is 0 Å². The van der Waals surface area contributed by atoms with Crippen molar-refractivity contribution in [3.63, 3.8) is 0 Å². The van der Waals surface area contributed by atoms with E-state index in [0.717, 1.165) is 17.4 Å². The number of hydrogen-bond acceptors (Lipinski definition) is 2. The van der Waals surface area contributed by atoms with Crippen LogP contribution in [0.3, 0.4) is 0 Å². The highest BCUT2D eigenvalue weighted by Gasteiger charge is 2.50. The van der Waals surface area contributed by atoms with Crippen LogP contribution in [-0.2, 0) is 0 Å². The topological polar surface area (TPSA) is 15.6 Å². The largest absolute Gasteiger partial charge is 0.303 e. The lowest BCUT2D eigenvalue weighted by atomic mass is 9.98. The van der Waals surface area contributed by atoms with Crippen molar-refractivity contribution in [2.45, 2.75) is 44.4 Å². The van der Waals surface area contributed by atoms with Gasteiger partial charge in [0.15, 0.2) is 0 Å². The maximum atomic E-state index is 4.79. The minimum Gasteiger partial charge on any atom is -0.303 e. The standard InChI is InChI=1S/C12H24N2Si/c1-14(2)13-11-9-6-7-10(8-9)12(11)15(3,4)5/h9-10,12H,6-8H2,1-5H3/b13-11+. The lowest BCUT2D eigenvalue weighted by Crippen LogP contribution is -2.38. The normalized spacial score (nSPS) is 37.7. The van der Waals surface area contributed by atoms with Crippen molar-refractivity contribution in [3.8, 4) is 0 Å². The molecule has 0 N–H and O–H groups in total. The molecule has 2 aliphatic carbocycles. The Morgan fingerprint density at radius 3 is 2.40 bits per heavy atom. The number of hydrazone groups is 1. The molecule has 0 radical (unpaired) electrons. The molecular weight excluding hydrogens is 200 g/mol. The molecule has 3 atom stereocenters. The van der Waals surface area contributed by atoms with Crippen molar-refractivity contribution >= 4 is 13.8 Å². The second kappa shape index (κ2) is 3.61. The molecule has 0 aliphatic heterocycles. The third kappa shape index (κ3) is 1.99. The molecule has 3 unspecified atom stereocenters. The van der Waals surface area contributed by atoms with E-state index >= 15 is 0 Å². The molecule has 15 heavy (non-hydrogen) atoms. The van der Waals surface area contributed by atoms with E-state index in [-0.39, 0.29) is 0 Å². The van der Waals surface area contributed by atoms with E-state index in [0.29, 0.717) is 0 Å². The van der Waals surface area contributed by atoms with Crippen LogP contribution in [0.4, 0.5) is 0 Å². The summed E-state index contributed by atoms with van der Waals surface area (Å²) in [6.45, 7) is 7.51. The summed E-state index contributed by atoms with van der Waals surface area (Å²) in [4.78, 5) is 0. The van der Waals surface area contributed by atoms with Crippen LogP contribution in [0, 0.1) is 11.8 Å². The highest BCUT2D eigenvalue weighted by Crippen LogP contribution is 2.53. The molecule has 2 bridgehead atoms. The Kier molecular flexibility index (Phi) is 2.69. The molecule has 2 fully saturated rings. The van der Waals surface area contributed by atoms with Crippen molar-refractivity contribution in [1.29, 1.82) is 0 Å². The molecule has 2 saturated carbocycles. The second-order valence-electron chi connectivity index (χ2n) is 6.49.